The van der Waals surface area contributed by atoms with Gasteiger partial charge in [0, 0.05) is 124 Å². The monoisotopic (exact) mass is 1590 g/mol. The van der Waals surface area contributed by atoms with Crippen molar-refractivity contribution < 1.29 is 63.8 Å². The van der Waals surface area contributed by atoms with Gasteiger partial charge in [-0.1, -0.05) is 105 Å². The molecule has 6 aromatic rings. The second-order valence-electron chi connectivity index (χ2n) is 31.1. The van der Waals surface area contributed by atoms with E-state index in [0.717, 1.165) is 95.0 Å². The number of carbonyl (C=O) groups excluding carboxylic acids is 5. The van der Waals surface area contributed by atoms with Crippen molar-refractivity contribution >= 4 is 101 Å². The van der Waals surface area contributed by atoms with Gasteiger partial charge in [0.1, 0.15) is 17.0 Å². The van der Waals surface area contributed by atoms with Crippen LogP contribution in [-0.2, 0) is 43.8 Å². The minimum absolute atomic E-state index is 0.0286. The molecule has 1 spiro atoms. The number of aromatic nitrogens is 1. The van der Waals surface area contributed by atoms with Crippen molar-refractivity contribution in [3.63, 3.8) is 0 Å². The number of hydrogen-bond acceptors (Lipinski definition) is 18. The summed E-state index contributed by atoms with van der Waals surface area (Å²) < 4.78 is 105. The Balaban J connectivity index is 0.602. The molecule has 2 bridgehead atoms. The fraction of sp³-hybridized carbons (Fsp3) is 0.500. The van der Waals surface area contributed by atoms with Crippen LogP contribution in [0.3, 0.4) is 0 Å². The van der Waals surface area contributed by atoms with Crippen LogP contribution in [0, 0.1) is 17.8 Å². The molecular weight excluding hydrogens is 1500 g/mol. The normalized spacial score (nSPS) is 21.6. The molecule has 109 heavy (non-hydrogen) atoms. The molecule has 1 aromatic heterocycles. The summed E-state index contributed by atoms with van der Waals surface area (Å²) in [6.45, 7) is 16.0. The average Bonchev–Trinajstić information content (AvgIpc) is 1.56. The molecule has 5 fully saturated rings. The number of aliphatic hydroxyl groups excluding tert-OH is 1. The van der Waals surface area contributed by atoms with Crippen LogP contribution in [0.15, 0.2) is 147 Å². The number of morpholine rings is 1. The number of anilines is 2. The number of rotatable bonds is 29. The van der Waals surface area contributed by atoms with E-state index in [4.69, 9.17) is 16.3 Å². The maximum absolute atomic E-state index is 14.4. The van der Waals surface area contributed by atoms with E-state index in [9.17, 15) is 59.1 Å². The zero-order chi connectivity index (χ0) is 77.6. The number of fused-ring (bicyclic) bond motifs is 2. The molecule has 5 aliphatic heterocycles. The molecule has 5 N–H and O–H groups in total. The number of halogens is 4. The first kappa shape index (κ1) is 81.1. The average molecular weight is 1600 g/mol. The number of alkyl halides is 3. The third-order valence-corrected chi connectivity index (χ3v) is 27.5. The largest absolute Gasteiger partial charge is 0.501 e. The van der Waals surface area contributed by atoms with E-state index in [2.05, 4.69) is 47.8 Å². The van der Waals surface area contributed by atoms with Gasteiger partial charge in [0.25, 0.3) is 25.8 Å². The summed E-state index contributed by atoms with van der Waals surface area (Å²) in [5, 5.41) is 20.5. The molecule has 5 aromatic carbocycles. The van der Waals surface area contributed by atoms with Crippen LogP contribution in [0.25, 0.3) is 16.0 Å². The molecule has 21 nitrogen and oxygen atoms in total. The number of nitrogens with zero attached hydrogens (tertiary/aromatic N) is 6. The van der Waals surface area contributed by atoms with E-state index >= 15 is 0 Å². The number of thiazole rings is 1. The number of sulfone groups is 1. The fourth-order valence-electron chi connectivity index (χ4n) is 16.0. The van der Waals surface area contributed by atoms with Crippen LogP contribution in [0.5, 0.6) is 0 Å². The van der Waals surface area contributed by atoms with Crippen LogP contribution in [-0.4, -0.2) is 196 Å². The Morgan fingerprint density at radius 1 is 0.817 bits per heavy atom. The molecule has 12 rings (SSSR count). The Labute approximate surface area is 650 Å². The summed E-state index contributed by atoms with van der Waals surface area (Å²) in [7, 11) is -11.0. The van der Waals surface area contributed by atoms with Gasteiger partial charge in [-0.25, -0.2) is 26.5 Å². The first-order valence-electron chi connectivity index (χ1n) is 37.6. The second-order valence-corrected chi connectivity index (χ2v) is 37.0. The van der Waals surface area contributed by atoms with E-state index in [1.807, 2.05) is 116 Å². The van der Waals surface area contributed by atoms with E-state index < -0.39 is 82.3 Å². The van der Waals surface area contributed by atoms with Crippen molar-refractivity contribution in [3.05, 3.63) is 160 Å². The SMILES string of the molecule is Cc1ncsc1-c1ccc([C@H](C)NC(=O)[C@@H]2C[C@@H](O)CN2C(=O)[C@@H](NC(=O)CCCCCCC(=O)N2CCC3(CCC(c4ccc(Cl)cc4)=C(CN4CCN(c5ccc(C(=O)NS(=O)(=O)c6ccc(N[C@H](CCN7C[C@H]8C[C@@H]7CO8)CSc7ccccc7)c(S(=O)(=O)C(F)(F)F)c6)cc5)CC4)C3)C2)C(C)(C)C)cc1. The lowest BCUT2D eigenvalue weighted by atomic mass is 9.69. The van der Waals surface area contributed by atoms with Gasteiger partial charge in [-0.3, -0.25) is 33.8 Å². The van der Waals surface area contributed by atoms with Gasteiger partial charge in [0.2, 0.25) is 23.6 Å². The Morgan fingerprint density at radius 2 is 1.52 bits per heavy atom. The first-order valence-corrected chi connectivity index (χ1v) is 42.8. The zero-order valence-corrected chi connectivity index (χ0v) is 66.2. The lowest BCUT2D eigenvalue weighted by molar-refractivity contribution is -0.144. The molecule has 1 aliphatic carbocycles. The highest BCUT2D eigenvalue weighted by molar-refractivity contribution is 7.99. The van der Waals surface area contributed by atoms with Crippen LogP contribution in [0.2, 0.25) is 5.02 Å². The topological polar surface area (TPSA) is 260 Å². The molecule has 5 amide bonds. The smallest absolute Gasteiger partial charge is 0.391 e. The number of piperazine rings is 1. The van der Waals surface area contributed by atoms with Gasteiger partial charge >= 0.3 is 5.51 Å². The number of benzene rings is 5. The quantitative estimate of drug-likeness (QED) is 0.0216. The van der Waals surface area contributed by atoms with Gasteiger partial charge in [0.05, 0.1) is 51.5 Å². The molecule has 0 saturated carbocycles. The Morgan fingerprint density at radius 3 is 2.18 bits per heavy atom. The molecule has 29 heteroatoms. The van der Waals surface area contributed by atoms with Crippen LogP contribution in [0.4, 0.5) is 24.5 Å². The number of allylic oxidation sites excluding steroid dienone is 1. The van der Waals surface area contributed by atoms with Gasteiger partial charge in [-0.15, -0.1) is 23.1 Å². The predicted molar refractivity (Wildman–Crippen MR) is 418 cm³/mol. The number of likely N-dealkylation sites (tertiary alicyclic amines) is 3. The highest BCUT2D eigenvalue weighted by Crippen LogP contribution is 2.49. The zero-order valence-electron chi connectivity index (χ0n) is 62.2. The Hall–Kier alpha value is -7.41. The molecule has 5 saturated heterocycles. The Kier molecular flexibility index (Phi) is 25.8. The molecule has 6 aliphatic rings. The summed E-state index contributed by atoms with van der Waals surface area (Å²) >= 11 is 9.40. The number of β-amino-alcohol motifs (C(OH)–C–C–N with tert-alkyl or cyclic N) is 1. The van der Waals surface area contributed by atoms with Crippen molar-refractivity contribution in [2.45, 2.75) is 181 Å². The van der Waals surface area contributed by atoms with Crippen LogP contribution >= 0.6 is 34.7 Å². The van der Waals surface area contributed by atoms with E-state index in [1.165, 1.54) is 39.9 Å². The van der Waals surface area contributed by atoms with E-state index in [1.54, 1.807) is 23.5 Å². The number of thioether (sulfide) groups is 1. The number of carbonyl (C=O) groups is 5. The van der Waals surface area contributed by atoms with Crippen molar-refractivity contribution in [1.29, 1.82) is 0 Å². The fourth-order valence-corrected chi connectivity index (χ4v) is 20.0. The minimum atomic E-state index is -6.12. The van der Waals surface area contributed by atoms with Crippen LogP contribution < -0.4 is 25.6 Å². The number of aliphatic hydroxyl groups is 1. The number of ether oxygens (including phenoxy) is 1. The van der Waals surface area contributed by atoms with Gasteiger partial charge in [-0.05, 0) is 165 Å². The first-order chi connectivity index (χ1) is 51.9. The number of amides is 5. The highest BCUT2D eigenvalue weighted by atomic mass is 35.5. The van der Waals surface area contributed by atoms with Crippen molar-refractivity contribution in [2.24, 2.45) is 10.8 Å². The molecule has 1 unspecified atom stereocenters. The summed E-state index contributed by atoms with van der Waals surface area (Å²) in [6, 6.07) is 31.4. The number of hydrogen-bond donors (Lipinski definition) is 5. The third-order valence-electron chi connectivity index (χ3n) is 22.2. The minimum Gasteiger partial charge on any atom is -0.391 e. The highest BCUT2D eigenvalue weighted by Gasteiger charge is 2.50. The maximum atomic E-state index is 14.4. The van der Waals surface area contributed by atoms with Crippen LogP contribution in [0.1, 0.15) is 144 Å². The molecular formula is C80H98ClF3N10O11S4. The molecule has 8 atom stereocenters. The number of aryl methyl sites for hydroxylation is 1. The van der Waals surface area contributed by atoms with Crippen molar-refractivity contribution in [3.8, 4) is 10.4 Å². The molecule has 0 radical (unpaired) electrons. The summed E-state index contributed by atoms with van der Waals surface area (Å²) in [5.74, 6) is -1.68. The standard InChI is InChI=1S/C80H98ClF3N10O11S4/c1-52(54-17-19-56(20-18-54)73-53(2)85-51-107-73)86-76(99)69-42-63(95)46-94(69)77(100)74(78(3,4)5)88-71(96)15-11-6-7-12-16-72(97)93-36-34-79(50-93)33-31-67(55-21-25-59(81)26-22-55)58(44-79)45-90-37-39-91(40-38-90)61-27-23-57(24-28-61)75(98)89-109(103,104)66-29-30-68(70(43-66)108(101,102)80(82,83)84)87-60(49-106-65-13-9-8-10-14-65)32-35-92-47-64-41-62(92)48-105-64/h8-10,13-14,17-30,43,51-52,60,62-64,69,74,87,95H,6-7,11-12,15-16,31-42,44-50H2,1-5H3,(H,86,99)(H,88,96)(H,89,98)/t52-,60+,62+,63+,64+,69-,74+,79?/m0/s1. The van der Waals surface area contributed by atoms with Gasteiger partial charge < -0.3 is 40.5 Å². The summed E-state index contributed by atoms with van der Waals surface area (Å²) in [5.41, 5.74) is 2.16. The predicted octanol–water partition coefficient (Wildman–Crippen LogP) is 12.3. The van der Waals surface area contributed by atoms with E-state index in [-0.39, 0.29) is 66.3 Å². The lowest BCUT2D eigenvalue weighted by Gasteiger charge is -2.40. The molecule has 6 heterocycles. The Bertz CT molecular complexity index is 4510. The second kappa shape index (κ2) is 34.7. The van der Waals surface area contributed by atoms with Gasteiger partial charge in [0.15, 0.2) is 0 Å². The third kappa shape index (κ3) is 19.9. The number of nitrogens with one attached hydrogen (secondary N) is 4. The van der Waals surface area contributed by atoms with Crippen molar-refractivity contribution in [1.82, 2.24) is 39.9 Å². The van der Waals surface area contributed by atoms with E-state index in [0.29, 0.717) is 108 Å². The number of unbranched alkanes of at least 4 members (excludes halogenated alkanes) is 3. The lowest BCUT2D eigenvalue weighted by Crippen LogP contribution is -2.57. The summed E-state index contributed by atoms with van der Waals surface area (Å²) in [6.07, 6.45) is 7.39. The molecule has 586 valence electrons. The van der Waals surface area contributed by atoms with Crippen molar-refractivity contribution in [2.75, 3.05) is 88.0 Å². The number of sulfonamides is 1. The maximum Gasteiger partial charge on any atom is 0.501 e. The summed E-state index contributed by atoms with van der Waals surface area (Å²) in [4.78, 5) is 83.8. The van der Waals surface area contributed by atoms with Gasteiger partial charge in [-0.2, -0.15) is 13.2 Å².